The molecule has 1 aromatic heterocycles. The summed E-state index contributed by atoms with van der Waals surface area (Å²) < 4.78 is 0. The van der Waals surface area contributed by atoms with Gasteiger partial charge in [0.2, 0.25) is 5.91 Å². The van der Waals surface area contributed by atoms with Crippen LogP contribution in [0.3, 0.4) is 0 Å². The lowest BCUT2D eigenvalue weighted by Crippen LogP contribution is -2.43. The number of anilines is 1. The quantitative estimate of drug-likeness (QED) is 0.730. The largest absolute Gasteiger partial charge is 0.371 e. The lowest BCUT2D eigenvalue weighted by molar-refractivity contribution is -0.125. The molecule has 0 saturated carbocycles. The molecule has 1 unspecified atom stereocenters. The molecule has 0 spiro atoms. The van der Waals surface area contributed by atoms with Gasteiger partial charge in [-0.25, -0.2) is 0 Å². The van der Waals surface area contributed by atoms with Crippen molar-refractivity contribution in [1.29, 1.82) is 0 Å². The average Bonchev–Trinajstić information content (AvgIpc) is 2.72. The Morgan fingerprint density at radius 1 is 1.22 bits per heavy atom. The number of amides is 1. The minimum Gasteiger partial charge on any atom is -0.371 e. The molecule has 1 aromatic carbocycles. The second-order valence-electron chi connectivity index (χ2n) is 7.36. The number of nitrogens with zero attached hydrogens (tertiary/aromatic N) is 3. The summed E-state index contributed by atoms with van der Waals surface area (Å²) in [4.78, 5) is 21.2. The molecule has 3 rings (SSSR count). The van der Waals surface area contributed by atoms with E-state index in [9.17, 15) is 4.79 Å². The molecule has 1 amide bonds. The minimum absolute atomic E-state index is 0.0777. The highest BCUT2D eigenvalue weighted by Gasteiger charge is 2.25. The summed E-state index contributed by atoms with van der Waals surface area (Å²) >= 11 is 0. The van der Waals surface area contributed by atoms with Crippen LogP contribution in [0.5, 0.6) is 0 Å². The zero-order chi connectivity index (χ0) is 18.9. The maximum absolute atomic E-state index is 12.5. The summed E-state index contributed by atoms with van der Waals surface area (Å²) in [7, 11) is 2.13. The Bertz CT molecular complexity index is 692. The van der Waals surface area contributed by atoms with Crippen molar-refractivity contribution >= 4 is 11.6 Å². The van der Waals surface area contributed by atoms with E-state index in [1.165, 1.54) is 5.56 Å². The van der Waals surface area contributed by atoms with Crippen molar-refractivity contribution < 1.29 is 4.79 Å². The molecule has 1 aliphatic heterocycles. The van der Waals surface area contributed by atoms with Crippen molar-refractivity contribution in [3.05, 3.63) is 60.4 Å². The first-order valence-corrected chi connectivity index (χ1v) is 9.87. The predicted octanol–water partition coefficient (Wildman–Crippen LogP) is 2.94. The Kier molecular flexibility index (Phi) is 7.22. The lowest BCUT2D eigenvalue weighted by Gasteiger charge is -2.33. The van der Waals surface area contributed by atoms with Gasteiger partial charge in [-0.1, -0.05) is 30.3 Å². The Hall–Kier alpha value is -2.40. The maximum atomic E-state index is 12.5. The highest BCUT2D eigenvalue weighted by atomic mass is 16.1. The highest BCUT2D eigenvalue weighted by molar-refractivity contribution is 5.79. The molecule has 1 atom stereocenters. The van der Waals surface area contributed by atoms with Gasteiger partial charge in [-0.15, -0.1) is 0 Å². The van der Waals surface area contributed by atoms with E-state index in [-0.39, 0.29) is 11.8 Å². The van der Waals surface area contributed by atoms with Crippen LogP contribution in [-0.4, -0.2) is 49.0 Å². The molecular formula is C22H30N4O. The Morgan fingerprint density at radius 2 is 2.00 bits per heavy atom. The molecule has 1 aliphatic rings. The number of rotatable bonds is 8. The third-order valence-electron chi connectivity index (χ3n) is 5.13. The van der Waals surface area contributed by atoms with Gasteiger partial charge in [-0.3, -0.25) is 9.78 Å². The van der Waals surface area contributed by atoms with E-state index < -0.39 is 0 Å². The van der Waals surface area contributed by atoms with E-state index in [0.717, 1.165) is 57.7 Å². The fraction of sp³-hybridized carbons (Fsp3) is 0.455. The smallest absolute Gasteiger partial charge is 0.224 e. The second-order valence-corrected chi connectivity index (χ2v) is 7.36. The van der Waals surface area contributed by atoms with Gasteiger partial charge in [0.05, 0.1) is 5.92 Å². The van der Waals surface area contributed by atoms with Crippen molar-refractivity contribution in [2.45, 2.75) is 25.8 Å². The van der Waals surface area contributed by atoms with E-state index >= 15 is 0 Å². The zero-order valence-corrected chi connectivity index (χ0v) is 16.2. The van der Waals surface area contributed by atoms with Crippen LogP contribution in [0.2, 0.25) is 0 Å². The van der Waals surface area contributed by atoms with Crippen molar-refractivity contribution in [3.63, 3.8) is 0 Å². The number of benzene rings is 1. The number of piperidine rings is 1. The van der Waals surface area contributed by atoms with E-state index in [1.807, 2.05) is 30.6 Å². The number of hydrogen-bond acceptors (Lipinski definition) is 4. The first-order valence-electron chi connectivity index (χ1n) is 9.87. The van der Waals surface area contributed by atoms with Gasteiger partial charge < -0.3 is 15.1 Å². The summed E-state index contributed by atoms with van der Waals surface area (Å²) in [6.07, 6.45) is 6.62. The first kappa shape index (κ1) is 19.4. The molecule has 27 heavy (non-hydrogen) atoms. The van der Waals surface area contributed by atoms with Crippen molar-refractivity contribution in [1.82, 2.24) is 15.2 Å². The molecule has 5 nitrogen and oxygen atoms in total. The SMILES string of the molecule is CN(CCCNC(=O)C1CCCN(c2ccncc2)C1)Cc1ccccc1. The molecule has 1 saturated heterocycles. The van der Waals surface area contributed by atoms with Gasteiger partial charge in [0.1, 0.15) is 0 Å². The molecule has 1 N–H and O–H groups in total. The minimum atomic E-state index is 0.0777. The Morgan fingerprint density at radius 3 is 2.78 bits per heavy atom. The van der Waals surface area contributed by atoms with Gasteiger partial charge in [-0.2, -0.15) is 0 Å². The number of carbonyl (C=O) groups excluding carboxylic acids is 1. The molecule has 144 valence electrons. The van der Waals surface area contributed by atoms with Crippen molar-refractivity contribution in [2.75, 3.05) is 38.1 Å². The third-order valence-corrected chi connectivity index (χ3v) is 5.13. The first-order chi connectivity index (χ1) is 13.2. The van der Waals surface area contributed by atoms with Crippen LogP contribution in [0.15, 0.2) is 54.9 Å². The Balaban J connectivity index is 1.36. The van der Waals surface area contributed by atoms with Crippen LogP contribution >= 0.6 is 0 Å². The van der Waals surface area contributed by atoms with Crippen molar-refractivity contribution in [2.24, 2.45) is 5.92 Å². The summed E-state index contributed by atoms with van der Waals surface area (Å²) in [6.45, 7) is 4.47. The summed E-state index contributed by atoms with van der Waals surface area (Å²) in [5.41, 5.74) is 2.48. The van der Waals surface area contributed by atoms with Crippen LogP contribution in [0.4, 0.5) is 5.69 Å². The summed E-state index contributed by atoms with van der Waals surface area (Å²) in [6, 6.07) is 14.5. The van der Waals surface area contributed by atoms with Gasteiger partial charge in [0.15, 0.2) is 0 Å². The van der Waals surface area contributed by atoms with E-state index in [0.29, 0.717) is 0 Å². The second kappa shape index (κ2) is 10.1. The van der Waals surface area contributed by atoms with Gasteiger partial charge in [0.25, 0.3) is 0 Å². The highest BCUT2D eigenvalue weighted by Crippen LogP contribution is 2.22. The third kappa shape index (κ3) is 6.07. The maximum Gasteiger partial charge on any atom is 0.224 e. The number of aromatic nitrogens is 1. The van der Waals surface area contributed by atoms with Gasteiger partial charge in [0, 0.05) is 44.3 Å². The average molecular weight is 367 g/mol. The normalized spacial score (nSPS) is 17.1. The predicted molar refractivity (Wildman–Crippen MR) is 110 cm³/mol. The van der Waals surface area contributed by atoms with Crippen LogP contribution in [0, 0.1) is 5.92 Å². The van der Waals surface area contributed by atoms with Crippen LogP contribution in [0.25, 0.3) is 0 Å². The number of nitrogens with one attached hydrogen (secondary N) is 1. The van der Waals surface area contributed by atoms with Crippen molar-refractivity contribution in [3.8, 4) is 0 Å². The van der Waals surface area contributed by atoms with E-state index in [4.69, 9.17) is 0 Å². The monoisotopic (exact) mass is 366 g/mol. The molecular weight excluding hydrogens is 336 g/mol. The standard InChI is InChI=1S/C22H30N4O/c1-25(17-19-7-3-2-4-8-19)15-6-12-24-22(27)20-9-5-16-26(18-20)21-10-13-23-14-11-21/h2-4,7-8,10-11,13-14,20H,5-6,9,12,15-18H2,1H3,(H,24,27). The summed E-state index contributed by atoms with van der Waals surface area (Å²) in [5.74, 6) is 0.272. The summed E-state index contributed by atoms with van der Waals surface area (Å²) in [5, 5.41) is 3.14. The lowest BCUT2D eigenvalue weighted by atomic mass is 9.96. The fourth-order valence-electron chi connectivity index (χ4n) is 3.66. The molecule has 0 aliphatic carbocycles. The molecule has 2 heterocycles. The molecule has 0 radical (unpaired) electrons. The van der Waals surface area contributed by atoms with E-state index in [2.05, 4.69) is 51.4 Å². The number of hydrogen-bond donors (Lipinski definition) is 1. The molecule has 0 bridgehead atoms. The van der Waals surface area contributed by atoms with E-state index in [1.54, 1.807) is 0 Å². The van der Waals surface area contributed by atoms with Crippen LogP contribution in [-0.2, 0) is 11.3 Å². The number of pyridine rings is 1. The van der Waals surface area contributed by atoms with Crippen LogP contribution < -0.4 is 10.2 Å². The molecule has 1 fully saturated rings. The zero-order valence-electron chi connectivity index (χ0n) is 16.2. The molecule has 2 aromatic rings. The Labute approximate surface area is 162 Å². The van der Waals surface area contributed by atoms with Gasteiger partial charge >= 0.3 is 0 Å². The molecule has 5 heteroatoms. The fourth-order valence-corrected chi connectivity index (χ4v) is 3.66. The topological polar surface area (TPSA) is 48.5 Å². The van der Waals surface area contributed by atoms with Crippen LogP contribution in [0.1, 0.15) is 24.8 Å². The van der Waals surface area contributed by atoms with Gasteiger partial charge in [-0.05, 0) is 50.6 Å². The number of carbonyl (C=O) groups is 1.